The van der Waals surface area contributed by atoms with E-state index in [9.17, 15) is 14.9 Å². The number of nitrogens with zero attached hydrogens (tertiary/aromatic N) is 4. The van der Waals surface area contributed by atoms with Crippen LogP contribution < -0.4 is 4.74 Å². The summed E-state index contributed by atoms with van der Waals surface area (Å²) in [7, 11) is 0. The molecule has 0 spiro atoms. The zero-order valence-corrected chi connectivity index (χ0v) is 13.5. The molecule has 0 aliphatic heterocycles. The molecule has 9 nitrogen and oxygen atoms in total. The molecule has 0 heterocycles. The van der Waals surface area contributed by atoms with E-state index < -0.39 is 17.4 Å². The van der Waals surface area contributed by atoms with Gasteiger partial charge in [-0.15, -0.1) is 0 Å². The van der Waals surface area contributed by atoms with Crippen molar-refractivity contribution in [3.05, 3.63) is 44.3 Å². The number of nitro benzene ring substituents is 1. The van der Waals surface area contributed by atoms with E-state index in [-0.39, 0.29) is 17.9 Å². The van der Waals surface area contributed by atoms with Gasteiger partial charge in [-0.25, -0.2) is 0 Å². The van der Waals surface area contributed by atoms with Crippen molar-refractivity contribution in [3.8, 4) is 5.75 Å². The predicted molar refractivity (Wildman–Crippen MR) is 86.5 cm³/mol. The van der Waals surface area contributed by atoms with Crippen molar-refractivity contribution < 1.29 is 19.2 Å². The summed E-state index contributed by atoms with van der Waals surface area (Å²) in [6.45, 7) is 1.89. The van der Waals surface area contributed by atoms with Gasteiger partial charge < -0.3 is 9.47 Å². The quantitative estimate of drug-likeness (QED) is 0.115. The van der Waals surface area contributed by atoms with E-state index in [0.29, 0.717) is 12.4 Å². The second-order valence-corrected chi connectivity index (χ2v) is 5.01. The molecule has 0 atom stereocenters. The molecule has 0 aliphatic rings. The molecule has 0 fully saturated rings. The van der Waals surface area contributed by atoms with Crippen LogP contribution >= 0.6 is 0 Å². The molecule has 1 aromatic carbocycles. The van der Waals surface area contributed by atoms with Crippen LogP contribution in [0.15, 0.2) is 23.3 Å². The summed E-state index contributed by atoms with van der Waals surface area (Å²) in [6, 6.07) is 4.32. The summed E-state index contributed by atoms with van der Waals surface area (Å²) in [5, 5.41) is 14.1. The number of unbranched alkanes of at least 4 members (excludes halogenated alkanes) is 3. The van der Waals surface area contributed by atoms with Crippen LogP contribution in [0, 0.1) is 10.1 Å². The summed E-state index contributed by atoms with van der Waals surface area (Å²) >= 11 is 0. The Hall–Kier alpha value is -2.80. The van der Waals surface area contributed by atoms with E-state index in [1.54, 1.807) is 0 Å². The Morgan fingerprint density at radius 3 is 2.83 bits per heavy atom. The number of esters is 1. The summed E-state index contributed by atoms with van der Waals surface area (Å²) in [6.07, 6.45) is 4.23. The highest BCUT2D eigenvalue weighted by Crippen LogP contribution is 2.25. The van der Waals surface area contributed by atoms with Gasteiger partial charge in [-0.2, -0.15) is 0 Å². The van der Waals surface area contributed by atoms with Gasteiger partial charge in [0.05, 0.1) is 17.1 Å². The zero-order valence-electron chi connectivity index (χ0n) is 13.5. The van der Waals surface area contributed by atoms with Crippen LogP contribution in [0.3, 0.4) is 0 Å². The summed E-state index contributed by atoms with van der Waals surface area (Å²) in [5.41, 5.74) is 8.20. The largest absolute Gasteiger partial charge is 0.494 e. The maximum atomic E-state index is 11.3. The molecule has 0 saturated carbocycles. The van der Waals surface area contributed by atoms with E-state index in [1.807, 2.05) is 0 Å². The van der Waals surface area contributed by atoms with Crippen LogP contribution in [0.5, 0.6) is 5.75 Å². The van der Waals surface area contributed by atoms with Gasteiger partial charge in [0.2, 0.25) is 0 Å². The number of azide groups is 1. The van der Waals surface area contributed by atoms with Crippen molar-refractivity contribution in [2.45, 2.75) is 39.2 Å². The molecule has 0 bridgehead atoms. The van der Waals surface area contributed by atoms with Gasteiger partial charge in [0.1, 0.15) is 18.9 Å². The van der Waals surface area contributed by atoms with Crippen LogP contribution in [0.4, 0.5) is 5.69 Å². The minimum Gasteiger partial charge on any atom is -0.494 e. The Morgan fingerprint density at radius 1 is 1.38 bits per heavy atom. The highest BCUT2D eigenvalue weighted by molar-refractivity contribution is 5.71. The van der Waals surface area contributed by atoms with E-state index in [4.69, 9.17) is 15.0 Å². The molecule has 0 unspecified atom stereocenters. The summed E-state index contributed by atoms with van der Waals surface area (Å²) in [4.78, 5) is 24.3. The maximum Gasteiger partial charge on any atom is 0.312 e. The van der Waals surface area contributed by atoms with Gasteiger partial charge in [-0.05, 0) is 24.1 Å². The van der Waals surface area contributed by atoms with Gasteiger partial charge in [0.15, 0.2) is 0 Å². The SMILES string of the molecule is CCCCCCOc1ccc([N+](=O)[O-])c(COC(=O)CN=[N+]=[N-])c1. The molecule has 0 aromatic heterocycles. The molecule has 130 valence electrons. The first-order valence-electron chi connectivity index (χ1n) is 7.65. The summed E-state index contributed by atoms with van der Waals surface area (Å²) < 4.78 is 10.4. The third kappa shape index (κ3) is 6.97. The van der Waals surface area contributed by atoms with Gasteiger partial charge >= 0.3 is 5.97 Å². The van der Waals surface area contributed by atoms with Gasteiger partial charge in [0.25, 0.3) is 5.69 Å². The molecular weight excluding hydrogens is 316 g/mol. The highest BCUT2D eigenvalue weighted by atomic mass is 16.6. The lowest BCUT2D eigenvalue weighted by molar-refractivity contribution is -0.385. The normalized spacial score (nSPS) is 9.88. The molecule has 0 amide bonds. The Morgan fingerprint density at radius 2 is 2.17 bits per heavy atom. The Balaban J connectivity index is 2.68. The fourth-order valence-corrected chi connectivity index (χ4v) is 1.96. The number of hydrogen-bond acceptors (Lipinski definition) is 6. The average molecular weight is 336 g/mol. The maximum absolute atomic E-state index is 11.3. The van der Waals surface area contributed by atoms with E-state index in [2.05, 4.69) is 16.9 Å². The predicted octanol–water partition coefficient (Wildman–Crippen LogP) is 3.91. The summed E-state index contributed by atoms with van der Waals surface area (Å²) in [5.74, 6) is -0.272. The highest BCUT2D eigenvalue weighted by Gasteiger charge is 2.16. The van der Waals surface area contributed by atoms with Crippen molar-refractivity contribution in [1.82, 2.24) is 0 Å². The minimum atomic E-state index is -0.756. The lowest BCUT2D eigenvalue weighted by atomic mass is 10.2. The van der Waals surface area contributed by atoms with Crippen molar-refractivity contribution in [3.63, 3.8) is 0 Å². The monoisotopic (exact) mass is 336 g/mol. The standard InChI is InChI=1S/C15H20N4O5/c1-2-3-4-5-8-23-13-6-7-14(19(21)22)12(9-13)11-24-15(20)10-17-18-16/h6-7,9H,2-5,8,10-11H2,1H3. The molecule has 0 radical (unpaired) electrons. The molecule has 0 saturated heterocycles. The van der Waals surface area contributed by atoms with Crippen LogP contribution in [0.2, 0.25) is 0 Å². The van der Waals surface area contributed by atoms with Gasteiger partial charge in [-0.1, -0.05) is 31.3 Å². The number of hydrogen-bond donors (Lipinski definition) is 0. The zero-order chi connectivity index (χ0) is 17.8. The van der Waals surface area contributed by atoms with E-state index >= 15 is 0 Å². The first-order valence-corrected chi connectivity index (χ1v) is 7.65. The third-order valence-corrected chi connectivity index (χ3v) is 3.17. The molecule has 1 aromatic rings. The van der Waals surface area contributed by atoms with E-state index in [1.165, 1.54) is 18.2 Å². The molecule has 0 N–H and O–H groups in total. The molecule has 24 heavy (non-hydrogen) atoms. The van der Waals surface area contributed by atoms with Crippen LogP contribution in [-0.4, -0.2) is 24.0 Å². The van der Waals surface area contributed by atoms with Crippen molar-refractivity contribution >= 4 is 11.7 Å². The number of rotatable bonds is 11. The minimum absolute atomic E-state index is 0.162. The topological polar surface area (TPSA) is 127 Å². The molecule has 9 heteroatoms. The molecule has 1 rings (SSSR count). The van der Waals surface area contributed by atoms with Crippen LogP contribution in [-0.2, 0) is 16.1 Å². The Kier molecular flexibility index (Phi) is 8.70. The lowest BCUT2D eigenvalue weighted by Gasteiger charge is -2.09. The third-order valence-electron chi connectivity index (χ3n) is 3.17. The fourth-order valence-electron chi connectivity index (χ4n) is 1.96. The number of benzene rings is 1. The van der Waals surface area contributed by atoms with Gasteiger partial charge in [-0.3, -0.25) is 14.9 Å². The fraction of sp³-hybridized carbons (Fsp3) is 0.533. The second-order valence-electron chi connectivity index (χ2n) is 5.01. The number of ether oxygens (including phenoxy) is 2. The average Bonchev–Trinajstić information content (AvgIpc) is 2.57. The van der Waals surface area contributed by atoms with Crippen LogP contribution in [0.25, 0.3) is 10.4 Å². The number of carbonyl (C=O) groups excluding carboxylic acids is 1. The lowest BCUT2D eigenvalue weighted by Crippen LogP contribution is -2.09. The van der Waals surface area contributed by atoms with Crippen molar-refractivity contribution in [2.75, 3.05) is 13.2 Å². The Bertz CT molecular complexity index is 614. The van der Waals surface area contributed by atoms with Crippen molar-refractivity contribution in [2.24, 2.45) is 5.11 Å². The molecular formula is C15H20N4O5. The smallest absolute Gasteiger partial charge is 0.312 e. The number of carbonyl (C=O) groups is 1. The van der Waals surface area contributed by atoms with Gasteiger partial charge in [0, 0.05) is 11.0 Å². The number of nitro groups is 1. The second kappa shape index (κ2) is 10.8. The van der Waals surface area contributed by atoms with E-state index in [0.717, 1.165) is 25.7 Å². The molecule has 0 aliphatic carbocycles. The van der Waals surface area contributed by atoms with Crippen molar-refractivity contribution in [1.29, 1.82) is 0 Å². The first-order chi connectivity index (χ1) is 11.6. The van der Waals surface area contributed by atoms with Crippen LogP contribution in [0.1, 0.15) is 38.2 Å². The first kappa shape index (κ1) is 19.2. The Labute approximate surface area is 139 Å².